The van der Waals surface area contributed by atoms with Gasteiger partial charge < -0.3 is 9.47 Å². The molecule has 1 N–H and O–H groups in total. The number of hydrogen-bond donors (Lipinski definition) is 1. The van der Waals surface area contributed by atoms with Gasteiger partial charge in [-0.2, -0.15) is 15.8 Å². The first-order valence-electron chi connectivity index (χ1n) is 9.05. The molecule has 4 rings (SSSR count). The quantitative estimate of drug-likeness (QED) is 0.687. The lowest BCUT2D eigenvalue weighted by molar-refractivity contribution is -0.285. The highest BCUT2D eigenvalue weighted by atomic mass is 79.9. The molecule has 2 bridgehead atoms. The molecule has 0 aromatic heterocycles. The highest BCUT2D eigenvalue weighted by molar-refractivity contribution is 9.10. The van der Waals surface area contributed by atoms with Gasteiger partial charge in [0, 0.05) is 16.5 Å². The molecule has 2 saturated heterocycles. The predicted octanol–water partition coefficient (Wildman–Crippen LogP) is 4.49. The summed E-state index contributed by atoms with van der Waals surface area (Å²) in [5, 5.41) is 39.0. The second-order valence-corrected chi connectivity index (χ2v) is 8.43. The summed E-state index contributed by atoms with van der Waals surface area (Å²) >= 11 is 3.29. The number of rotatable bonds is 1. The Bertz CT molecular complexity index is 979. The van der Waals surface area contributed by atoms with E-state index in [0.717, 1.165) is 19.3 Å². The first-order chi connectivity index (χ1) is 13.4. The van der Waals surface area contributed by atoms with Crippen molar-refractivity contribution >= 4 is 21.8 Å². The fourth-order valence-corrected chi connectivity index (χ4v) is 5.41. The third-order valence-corrected chi connectivity index (χ3v) is 6.80. The summed E-state index contributed by atoms with van der Waals surface area (Å²) in [4.78, 5) is 0. The van der Waals surface area contributed by atoms with Crippen LogP contribution in [0.2, 0.25) is 0 Å². The second-order valence-electron chi connectivity index (χ2n) is 7.51. The Morgan fingerprint density at radius 1 is 1.14 bits per heavy atom. The van der Waals surface area contributed by atoms with E-state index in [2.05, 4.69) is 22.0 Å². The maximum atomic E-state index is 14.8. The van der Waals surface area contributed by atoms with Gasteiger partial charge in [-0.3, -0.25) is 5.41 Å². The van der Waals surface area contributed by atoms with Crippen LogP contribution in [0.15, 0.2) is 22.7 Å². The molecule has 0 amide bonds. The summed E-state index contributed by atoms with van der Waals surface area (Å²) in [5.41, 5.74) is -3.94. The van der Waals surface area contributed by atoms with Crippen molar-refractivity contribution in [1.82, 2.24) is 0 Å². The third-order valence-electron chi connectivity index (χ3n) is 6.31. The van der Waals surface area contributed by atoms with Gasteiger partial charge in [0.15, 0.2) is 5.41 Å². The zero-order valence-corrected chi connectivity index (χ0v) is 16.4. The van der Waals surface area contributed by atoms with E-state index in [0.29, 0.717) is 17.3 Å². The van der Waals surface area contributed by atoms with Crippen LogP contribution >= 0.6 is 15.9 Å². The highest BCUT2D eigenvalue weighted by Gasteiger charge is 2.80. The van der Waals surface area contributed by atoms with Crippen LogP contribution in [0.5, 0.6) is 0 Å². The van der Waals surface area contributed by atoms with Gasteiger partial charge in [-0.25, -0.2) is 4.39 Å². The first kappa shape index (κ1) is 18.9. The minimum absolute atomic E-state index is 0.00234. The summed E-state index contributed by atoms with van der Waals surface area (Å²) in [6.07, 6.45) is 1.97. The first-order valence-corrected chi connectivity index (χ1v) is 9.84. The second kappa shape index (κ2) is 6.27. The third kappa shape index (κ3) is 2.09. The molecule has 3 fully saturated rings. The van der Waals surface area contributed by atoms with Crippen LogP contribution in [0.25, 0.3) is 0 Å². The number of halogens is 2. The molecule has 28 heavy (non-hydrogen) atoms. The maximum Gasteiger partial charge on any atom is 0.217 e. The van der Waals surface area contributed by atoms with Gasteiger partial charge in [0.25, 0.3) is 0 Å². The van der Waals surface area contributed by atoms with Crippen LogP contribution in [0.1, 0.15) is 43.8 Å². The largest absolute Gasteiger partial charge is 0.447 e. The van der Waals surface area contributed by atoms with Gasteiger partial charge in [-0.15, -0.1) is 0 Å². The Morgan fingerprint density at radius 3 is 2.57 bits per heavy atom. The van der Waals surface area contributed by atoms with Gasteiger partial charge >= 0.3 is 0 Å². The Labute approximate surface area is 170 Å². The standard InChI is InChI=1S/C20H16BrFN4O2/c21-12-5-6-14(22)13(8-12)16-18(9-23,10-24)19(11-25)15-4-2-1-3-7-20(15,27-16)28-17(19)26/h5-6,8,15-16,26H,1-4,7H2. The van der Waals surface area contributed by atoms with E-state index in [1.54, 1.807) is 0 Å². The number of nitrogens with zero attached hydrogens (tertiary/aromatic N) is 3. The van der Waals surface area contributed by atoms with Crippen molar-refractivity contribution in [3.63, 3.8) is 0 Å². The van der Waals surface area contributed by atoms with E-state index in [9.17, 15) is 20.2 Å². The highest BCUT2D eigenvalue weighted by Crippen LogP contribution is 2.69. The fraction of sp³-hybridized carbons (Fsp3) is 0.500. The Morgan fingerprint density at radius 2 is 1.89 bits per heavy atom. The molecule has 142 valence electrons. The van der Waals surface area contributed by atoms with Crippen molar-refractivity contribution < 1.29 is 13.9 Å². The van der Waals surface area contributed by atoms with E-state index in [1.807, 2.05) is 12.1 Å². The van der Waals surface area contributed by atoms with Crippen LogP contribution in [0.3, 0.4) is 0 Å². The Hall–Kier alpha value is -2.47. The zero-order valence-electron chi connectivity index (χ0n) is 14.8. The summed E-state index contributed by atoms with van der Waals surface area (Å²) in [7, 11) is 0. The summed E-state index contributed by atoms with van der Waals surface area (Å²) in [5.74, 6) is -3.01. The molecule has 0 spiro atoms. The molecule has 1 aromatic rings. The van der Waals surface area contributed by atoms with Crippen molar-refractivity contribution in [3.05, 3.63) is 34.1 Å². The molecular weight excluding hydrogens is 427 g/mol. The molecule has 6 nitrogen and oxygen atoms in total. The minimum atomic E-state index is -2.12. The molecular formula is C20H16BrFN4O2. The maximum absolute atomic E-state index is 14.8. The molecule has 3 aliphatic rings. The van der Waals surface area contributed by atoms with Gasteiger partial charge in [-0.05, 0) is 31.0 Å². The number of hydrogen-bond acceptors (Lipinski definition) is 6. The average molecular weight is 443 g/mol. The molecule has 2 aliphatic heterocycles. The summed E-state index contributed by atoms with van der Waals surface area (Å²) in [6, 6.07) is 10.2. The van der Waals surface area contributed by atoms with Crippen LogP contribution < -0.4 is 0 Å². The van der Waals surface area contributed by atoms with Crippen molar-refractivity contribution in [2.75, 3.05) is 0 Å². The van der Waals surface area contributed by atoms with E-state index in [1.165, 1.54) is 18.2 Å². The van der Waals surface area contributed by atoms with E-state index in [-0.39, 0.29) is 5.56 Å². The smallest absolute Gasteiger partial charge is 0.217 e. The van der Waals surface area contributed by atoms with Crippen LogP contribution in [-0.2, 0) is 9.47 Å². The molecule has 4 unspecified atom stereocenters. The lowest BCUT2D eigenvalue weighted by Crippen LogP contribution is -2.59. The minimum Gasteiger partial charge on any atom is -0.447 e. The van der Waals surface area contributed by atoms with Gasteiger partial charge in [0.05, 0.1) is 24.1 Å². The van der Waals surface area contributed by atoms with Crippen molar-refractivity contribution in [2.45, 2.75) is 44.0 Å². The van der Waals surface area contributed by atoms with Crippen LogP contribution in [0.4, 0.5) is 4.39 Å². The topological polar surface area (TPSA) is 114 Å². The SMILES string of the molecule is N#CC1(C#N)C(c2cc(Br)ccc2F)OC23CCCCCC2C1(C#N)C(=N)O3. The van der Waals surface area contributed by atoms with Crippen LogP contribution in [0, 0.1) is 62.0 Å². The molecule has 0 radical (unpaired) electrons. The summed E-state index contributed by atoms with van der Waals surface area (Å²) in [6.45, 7) is 0. The van der Waals surface area contributed by atoms with Gasteiger partial charge in [0.2, 0.25) is 17.1 Å². The van der Waals surface area contributed by atoms with Gasteiger partial charge in [0.1, 0.15) is 11.9 Å². The normalized spacial score (nSPS) is 35.5. The average Bonchev–Trinajstić information content (AvgIpc) is 2.82. The van der Waals surface area contributed by atoms with Crippen molar-refractivity contribution in [2.24, 2.45) is 16.7 Å². The fourth-order valence-electron chi connectivity index (χ4n) is 5.03. The Kier molecular flexibility index (Phi) is 4.23. The molecule has 4 atom stereocenters. The lowest BCUT2D eigenvalue weighted by atomic mass is 9.52. The van der Waals surface area contributed by atoms with Crippen molar-refractivity contribution in [1.29, 1.82) is 21.2 Å². The molecule has 1 aliphatic carbocycles. The molecule has 1 saturated carbocycles. The van der Waals surface area contributed by atoms with E-state index in [4.69, 9.17) is 14.9 Å². The number of ether oxygens (including phenoxy) is 2. The summed E-state index contributed by atoms with van der Waals surface area (Å²) < 4.78 is 27.4. The Balaban J connectivity index is 2.04. The monoisotopic (exact) mass is 442 g/mol. The van der Waals surface area contributed by atoms with E-state index >= 15 is 0 Å². The number of benzene rings is 1. The zero-order chi connectivity index (χ0) is 20.2. The van der Waals surface area contributed by atoms with Crippen LogP contribution in [-0.4, -0.2) is 11.7 Å². The molecule has 2 heterocycles. The van der Waals surface area contributed by atoms with E-state index < -0.39 is 40.4 Å². The van der Waals surface area contributed by atoms with Gasteiger partial charge in [-0.1, -0.05) is 28.8 Å². The predicted molar refractivity (Wildman–Crippen MR) is 97.7 cm³/mol. The molecule has 8 heteroatoms. The number of nitrogens with one attached hydrogen (secondary N) is 1. The number of nitriles is 3. The van der Waals surface area contributed by atoms with Crippen molar-refractivity contribution in [3.8, 4) is 18.2 Å². The lowest BCUT2D eigenvalue weighted by Gasteiger charge is -2.49. The molecule has 1 aromatic carbocycles.